The Morgan fingerprint density at radius 3 is 3.07 bits per heavy atom. The highest BCUT2D eigenvalue weighted by atomic mass is 32.2. The number of nitrogens with zero attached hydrogens (tertiary/aromatic N) is 3. The summed E-state index contributed by atoms with van der Waals surface area (Å²) < 4.78 is 33.5. The van der Waals surface area contributed by atoms with Crippen LogP contribution >= 0.6 is 11.3 Å². The topological polar surface area (TPSA) is 79.3 Å². The maximum absolute atomic E-state index is 13.3. The van der Waals surface area contributed by atoms with E-state index in [4.69, 9.17) is 4.74 Å². The van der Waals surface area contributed by atoms with Gasteiger partial charge in [-0.2, -0.15) is 0 Å². The van der Waals surface area contributed by atoms with Crippen molar-refractivity contribution in [2.75, 3.05) is 25.4 Å². The van der Waals surface area contributed by atoms with Gasteiger partial charge < -0.3 is 14.5 Å². The maximum Gasteiger partial charge on any atom is 0.258 e. The minimum absolute atomic E-state index is 0.0155. The van der Waals surface area contributed by atoms with Crippen LogP contribution in [0.4, 0.5) is 0 Å². The summed E-state index contributed by atoms with van der Waals surface area (Å²) in [6.07, 6.45) is 7.11. The van der Waals surface area contributed by atoms with Crippen molar-refractivity contribution in [3.05, 3.63) is 46.3 Å². The van der Waals surface area contributed by atoms with Gasteiger partial charge in [0.05, 0.1) is 24.0 Å². The minimum atomic E-state index is -3.54. The third-order valence-corrected chi connectivity index (χ3v) is 6.76. The number of allylic oxidation sites excluding steroid dienone is 2. The Morgan fingerprint density at radius 2 is 2.33 bits per heavy atom. The summed E-state index contributed by atoms with van der Waals surface area (Å²) >= 11 is 1.59. The average Bonchev–Trinajstić information content (AvgIpc) is 3.33. The highest BCUT2D eigenvalue weighted by Gasteiger charge is 2.33. The van der Waals surface area contributed by atoms with E-state index >= 15 is 0 Å². The van der Waals surface area contributed by atoms with E-state index in [2.05, 4.69) is 4.40 Å². The van der Waals surface area contributed by atoms with Crippen LogP contribution in [0.1, 0.15) is 17.7 Å². The predicted molar refractivity (Wildman–Crippen MR) is 104 cm³/mol. The van der Waals surface area contributed by atoms with Gasteiger partial charge in [-0.3, -0.25) is 4.79 Å². The average molecular weight is 408 g/mol. The summed E-state index contributed by atoms with van der Waals surface area (Å²) in [4.78, 5) is 17.9. The fraction of sp³-hybridized carbons (Fsp3) is 0.444. The van der Waals surface area contributed by atoms with Gasteiger partial charge in [-0.1, -0.05) is 6.07 Å². The number of carbonyl (C=O) groups excluding carboxylic acids is 1. The van der Waals surface area contributed by atoms with Crippen molar-refractivity contribution in [2.45, 2.75) is 25.5 Å². The molecular formula is C18H21N3O4S2. The number of amides is 1. The van der Waals surface area contributed by atoms with Crippen LogP contribution < -0.4 is 0 Å². The number of hydrogen-bond donors (Lipinski definition) is 0. The monoisotopic (exact) mass is 407 g/mol. The van der Waals surface area contributed by atoms with Gasteiger partial charge in [0.1, 0.15) is 0 Å². The molecule has 0 spiro atoms. The first-order valence-electron chi connectivity index (χ1n) is 8.93. The van der Waals surface area contributed by atoms with Crippen molar-refractivity contribution >= 4 is 33.1 Å². The summed E-state index contributed by atoms with van der Waals surface area (Å²) in [5.41, 5.74) is 0.315. The number of carbonyl (C=O) groups is 1. The zero-order valence-corrected chi connectivity index (χ0v) is 16.4. The Bertz CT molecular complexity index is 897. The lowest BCUT2D eigenvalue weighted by atomic mass is 10.1. The second kappa shape index (κ2) is 7.57. The Balaban J connectivity index is 1.62. The molecular weight excluding hydrogens is 386 g/mol. The van der Waals surface area contributed by atoms with Gasteiger partial charge in [0, 0.05) is 30.8 Å². The predicted octanol–water partition coefficient (Wildman–Crippen LogP) is 1.75. The molecule has 144 valence electrons. The fourth-order valence-corrected chi connectivity index (χ4v) is 5.10. The molecule has 7 nitrogen and oxygen atoms in total. The Hall–Kier alpha value is -1.97. The molecule has 27 heavy (non-hydrogen) atoms. The molecule has 4 heterocycles. The van der Waals surface area contributed by atoms with E-state index in [0.717, 1.165) is 24.3 Å². The number of thiophene rings is 1. The molecule has 0 aliphatic carbocycles. The van der Waals surface area contributed by atoms with Gasteiger partial charge in [0.15, 0.2) is 5.84 Å². The lowest BCUT2D eigenvalue weighted by Crippen LogP contribution is -2.45. The van der Waals surface area contributed by atoms with E-state index in [-0.39, 0.29) is 23.6 Å². The van der Waals surface area contributed by atoms with Crippen LogP contribution in [-0.2, 0) is 26.1 Å². The third-order valence-electron chi connectivity index (χ3n) is 4.75. The highest BCUT2D eigenvalue weighted by Crippen LogP contribution is 2.23. The SMILES string of the molecule is O=C(C1=CC=CN2CCS(=O)(=O)N=C12)N(Cc1cccs1)CC1CCCO1. The van der Waals surface area contributed by atoms with Crippen molar-refractivity contribution in [2.24, 2.45) is 4.40 Å². The van der Waals surface area contributed by atoms with Crippen LogP contribution in [0.3, 0.4) is 0 Å². The normalized spacial score (nSPS) is 23.6. The second-order valence-electron chi connectivity index (χ2n) is 6.72. The molecule has 0 bridgehead atoms. The summed E-state index contributed by atoms with van der Waals surface area (Å²) in [7, 11) is -3.54. The highest BCUT2D eigenvalue weighted by molar-refractivity contribution is 7.90. The summed E-state index contributed by atoms with van der Waals surface area (Å²) in [5, 5.41) is 1.98. The van der Waals surface area contributed by atoms with Crippen LogP contribution in [0, 0.1) is 0 Å². The molecule has 1 unspecified atom stereocenters. The molecule has 1 saturated heterocycles. The molecule has 0 radical (unpaired) electrons. The number of hydrogen-bond acceptors (Lipinski definition) is 6. The van der Waals surface area contributed by atoms with Gasteiger partial charge in [-0.05, 0) is 36.4 Å². The van der Waals surface area contributed by atoms with Crippen molar-refractivity contribution in [3.63, 3.8) is 0 Å². The van der Waals surface area contributed by atoms with Crippen molar-refractivity contribution in [1.82, 2.24) is 9.80 Å². The molecule has 0 N–H and O–H groups in total. The van der Waals surface area contributed by atoms with E-state index in [9.17, 15) is 13.2 Å². The molecule has 9 heteroatoms. The van der Waals surface area contributed by atoms with Crippen molar-refractivity contribution in [3.8, 4) is 0 Å². The Morgan fingerprint density at radius 1 is 1.44 bits per heavy atom. The van der Waals surface area contributed by atoms with Crippen LogP contribution in [0.5, 0.6) is 0 Å². The third kappa shape index (κ3) is 4.15. The molecule has 0 saturated carbocycles. The van der Waals surface area contributed by atoms with E-state index < -0.39 is 10.0 Å². The molecule has 4 rings (SSSR count). The van der Waals surface area contributed by atoms with Crippen molar-refractivity contribution < 1.29 is 17.9 Å². The summed E-state index contributed by atoms with van der Waals surface area (Å²) in [6, 6.07) is 3.95. The first kappa shape index (κ1) is 18.4. The fourth-order valence-electron chi connectivity index (χ4n) is 3.40. The number of sulfonamides is 1. The van der Waals surface area contributed by atoms with Gasteiger partial charge in [0.2, 0.25) is 0 Å². The van der Waals surface area contributed by atoms with Crippen LogP contribution in [0.15, 0.2) is 45.8 Å². The minimum Gasteiger partial charge on any atom is -0.376 e. The smallest absolute Gasteiger partial charge is 0.258 e. The number of amidine groups is 1. The Labute approximate surface area is 162 Å². The number of rotatable bonds is 5. The number of ether oxygens (including phenoxy) is 1. The first-order chi connectivity index (χ1) is 13.0. The zero-order chi connectivity index (χ0) is 18.9. The molecule has 1 amide bonds. The lowest BCUT2D eigenvalue weighted by Gasteiger charge is -2.32. The molecule has 3 aliphatic heterocycles. The standard InChI is InChI=1S/C18H21N3O4S2/c22-18(16-6-1-7-20-8-11-27(23,24)19-17(16)20)21(12-14-4-2-9-25-14)13-15-5-3-10-26-15/h1,3,5-7,10,14H,2,4,8-9,11-13H2. The second-order valence-corrected chi connectivity index (χ2v) is 9.50. The molecule has 1 aromatic rings. The number of fused-ring (bicyclic) bond motifs is 1. The van der Waals surface area contributed by atoms with Crippen molar-refractivity contribution in [1.29, 1.82) is 0 Å². The first-order valence-corrected chi connectivity index (χ1v) is 11.4. The molecule has 1 atom stereocenters. The van der Waals surface area contributed by atoms with E-state index in [1.165, 1.54) is 0 Å². The molecule has 3 aliphatic rings. The van der Waals surface area contributed by atoms with Crippen LogP contribution in [-0.4, -0.2) is 61.5 Å². The van der Waals surface area contributed by atoms with Gasteiger partial charge >= 0.3 is 0 Å². The quantitative estimate of drug-likeness (QED) is 0.743. The maximum atomic E-state index is 13.3. The lowest BCUT2D eigenvalue weighted by molar-refractivity contribution is -0.128. The Kier molecular flexibility index (Phi) is 5.16. The largest absolute Gasteiger partial charge is 0.376 e. The summed E-state index contributed by atoms with van der Waals surface area (Å²) in [6.45, 7) is 1.98. The molecule has 1 fully saturated rings. The van der Waals surface area contributed by atoms with Crippen LogP contribution in [0.2, 0.25) is 0 Å². The summed E-state index contributed by atoms with van der Waals surface area (Å²) in [5.74, 6) is -0.0432. The van der Waals surface area contributed by atoms with E-state index in [1.54, 1.807) is 39.5 Å². The molecule has 1 aromatic heterocycles. The van der Waals surface area contributed by atoms with Crippen LogP contribution in [0.25, 0.3) is 0 Å². The van der Waals surface area contributed by atoms with Gasteiger partial charge in [-0.25, -0.2) is 8.42 Å². The van der Waals surface area contributed by atoms with Gasteiger partial charge in [0.25, 0.3) is 15.9 Å². The van der Waals surface area contributed by atoms with E-state index in [0.29, 0.717) is 25.2 Å². The molecule has 0 aromatic carbocycles. The zero-order valence-electron chi connectivity index (χ0n) is 14.8. The van der Waals surface area contributed by atoms with E-state index in [1.807, 2.05) is 17.5 Å². The van der Waals surface area contributed by atoms with Gasteiger partial charge in [-0.15, -0.1) is 15.7 Å².